The molecule has 130 valence electrons. The summed E-state index contributed by atoms with van der Waals surface area (Å²) in [6.07, 6.45) is 4.26. The number of anilines is 2. The van der Waals surface area contributed by atoms with Gasteiger partial charge in [0.1, 0.15) is 0 Å². The fourth-order valence-corrected chi connectivity index (χ4v) is 2.98. The maximum Gasteiger partial charge on any atom is 0.0384 e. The smallest absolute Gasteiger partial charge is 0.0384 e. The summed E-state index contributed by atoms with van der Waals surface area (Å²) in [4.78, 5) is 0. The topological polar surface area (TPSA) is 12.0 Å². The van der Waals surface area contributed by atoms with Crippen molar-refractivity contribution in [3.63, 3.8) is 0 Å². The van der Waals surface area contributed by atoms with Crippen LogP contribution in [0.1, 0.15) is 11.1 Å². The molecule has 4 aromatic carbocycles. The Bertz CT molecular complexity index is 999. The zero-order valence-electron chi connectivity index (χ0n) is 15.0. The van der Waals surface area contributed by atoms with Gasteiger partial charge in [-0.3, -0.25) is 0 Å². The molecule has 0 aliphatic rings. The van der Waals surface area contributed by atoms with Gasteiger partial charge in [0.05, 0.1) is 0 Å². The molecule has 1 N–H and O–H groups in total. The van der Waals surface area contributed by atoms with Gasteiger partial charge in [-0.25, -0.2) is 0 Å². The Hall–Kier alpha value is -3.58. The molecule has 0 aromatic heterocycles. The summed E-state index contributed by atoms with van der Waals surface area (Å²) in [5.41, 5.74) is 7.02. The second-order valence-electron chi connectivity index (χ2n) is 6.43. The van der Waals surface area contributed by atoms with Gasteiger partial charge in [0.25, 0.3) is 0 Å². The average molecular weight is 347 g/mol. The molecule has 4 rings (SSSR count). The zero-order chi connectivity index (χ0) is 18.3. The van der Waals surface area contributed by atoms with Crippen molar-refractivity contribution < 1.29 is 0 Å². The largest absolute Gasteiger partial charge is 0.356 e. The van der Waals surface area contributed by atoms with Crippen LogP contribution in [0, 0.1) is 0 Å². The van der Waals surface area contributed by atoms with Crippen LogP contribution in [0.5, 0.6) is 0 Å². The lowest BCUT2D eigenvalue weighted by atomic mass is 10.1. The predicted octanol–water partition coefficient (Wildman–Crippen LogP) is 7.27. The van der Waals surface area contributed by atoms with Crippen LogP contribution in [0.3, 0.4) is 0 Å². The number of rotatable bonds is 5. The second kappa shape index (κ2) is 8.20. The van der Waals surface area contributed by atoms with Gasteiger partial charge in [-0.05, 0) is 46.5 Å². The SMILES string of the molecule is C(=C\c1ccc(Nc2ccc(-c3ccccc3)cc2)cc1)/c1ccccc1. The van der Waals surface area contributed by atoms with E-state index in [-0.39, 0.29) is 0 Å². The van der Waals surface area contributed by atoms with Crippen molar-refractivity contribution in [2.45, 2.75) is 0 Å². The van der Waals surface area contributed by atoms with Crippen LogP contribution in [-0.2, 0) is 0 Å². The van der Waals surface area contributed by atoms with E-state index < -0.39 is 0 Å². The maximum atomic E-state index is 3.46. The Kier molecular flexibility index (Phi) is 5.12. The molecule has 0 spiro atoms. The minimum atomic E-state index is 1.08. The number of nitrogens with one attached hydrogen (secondary N) is 1. The van der Waals surface area contributed by atoms with Gasteiger partial charge in [0.15, 0.2) is 0 Å². The number of hydrogen-bond donors (Lipinski definition) is 1. The minimum Gasteiger partial charge on any atom is -0.356 e. The molecule has 4 aromatic rings. The predicted molar refractivity (Wildman–Crippen MR) is 117 cm³/mol. The molecule has 0 radical (unpaired) electrons. The van der Waals surface area contributed by atoms with Crippen LogP contribution in [0.15, 0.2) is 109 Å². The van der Waals surface area contributed by atoms with E-state index in [0.29, 0.717) is 0 Å². The van der Waals surface area contributed by atoms with Crippen LogP contribution in [0.2, 0.25) is 0 Å². The molecule has 1 nitrogen and oxygen atoms in total. The summed E-state index contributed by atoms with van der Waals surface area (Å²) < 4.78 is 0. The van der Waals surface area contributed by atoms with Crippen molar-refractivity contribution in [1.29, 1.82) is 0 Å². The molecule has 0 fully saturated rings. The van der Waals surface area contributed by atoms with E-state index in [9.17, 15) is 0 Å². The lowest BCUT2D eigenvalue weighted by Crippen LogP contribution is -1.90. The second-order valence-corrected chi connectivity index (χ2v) is 6.43. The van der Waals surface area contributed by atoms with E-state index in [1.807, 2.05) is 12.1 Å². The Labute approximate surface area is 160 Å². The highest BCUT2D eigenvalue weighted by Gasteiger charge is 1.98. The van der Waals surface area contributed by atoms with E-state index in [1.54, 1.807) is 0 Å². The maximum absolute atomic E-state index is 3.46. The van der Waals surface area contributed by atoms with Crippen LogP contribution in [-0.4, -0.2) is 0 Å². The molecule has 0 aliphatic carbocycles. The third kappa shape index (κ3) is 4.53. The molecule has 0 bridgehead atoms. The molecule has 0 amide bonds. The number of hydrogen-bond acceptors (Lipinski definition) is 1. The van der Waals surface area contributed by atoms with Crippen LogP contribution < -0.4 is 5.32 Å². The first kappa shape index (κ1) is 16.9. The number of benzene rings is 4. The molecule has 27 heavy (non-hydrogen) atoms. The lowest BCUT2D eigenvalue weighted by Gasteiger charge is -2.08. The molecule has 0 atom stereocenters. The van der Waals surface area contributed by atoms with Gasteiger partial charge in [0, 0.05) is 11.4 Å². The van der Waals surface area contributed by atoms with Gasteiger partial charge in [-0.2, -0.15) is 0 Å². The highest BCUT2D eigenvalue weighted by Crippen LogP contribution is 2.23. The monoisotopic (exact) mass is 347 g/mol. The van der Waals surface area contributed by atoms with Crippen molar-refractivity contribution in [2.24, 2.45) is 0 Å². The molecule has 0 unspecified atom stereocenters. The quantitative estimate of drug-likeness (QED) is 0.374. The van der Waals surface area contributed by atoms with Crippen LogP contribution >= 0.6 is 0 Å². The van der Waals surface area contributed by atoms with E-state index >= 15 is 0 Å². The Balaban J connectivity index is 1.42. The van der Waals surface area contributed by atoms with E-state index in [2.05, 4.69) is 115 Å². The van der Waals surface area contributed by atoms with E-state index in [0.717, 1.165) is 11.4 Å². The van der Waals surface area contributed by atoms with Crippen molar-refractivity contribution in [3.05, 3.63) is 120 Å². The first-order valence-corrected chi connectivity index (χ1v) is 9.12. The summed E-state index contributed by atoms with van der Waals surface area (Å²) in [5.74, 6) is 0. The standard InChI is InChI=1S/C26H21N/c1-3-7-21(8-4-1)11-12-22-13-17-25(18-14-22)27-26-19-15-24(16-20-26)23-9-5-2-6-10-23/h1-20,27H/b12-11+. The van der Waals surface area contributed by atoms with Crippen molar-refractivity contribution in [3.8, 4) is 11.1 Å². The summed E-state index contributed by atoms with van der Waals surface area (Å²) in [5, 5.41) is 3.46. The first-order chi connectivity index (χ1) is 13.4. The first-order valence-electron chi connectivity index (χ1n) is 9.12. The van der Waals surface area contributed by atoms with Gasteiger partial charge in [-0.15, -0.1) is 0 Å². The van der Waals surface area contributed by atoms with Crippen molar-refractivity contribution in [2.75, 3.05) is 5.32 Å². The Morgan fingerprint density at radius 3 is 1.44 bits per heavy atom. The highest BCUT2D eigenvalue weighted by molar-refractivity contribution is 5.72. The highest BCUT2D eigenvalue weighted by atomic mass is 14.9. The molecule has 0 heterocycles. The fraction of sp³-hybridized carbons (Fsp3) is 0. The molecular formula is C26H21N. The van der Waals surface area contributed by atoms with E-state index in [4.69, 9.17) is 0 Å². The van der Waals surface area contributed by atoms with Gasteiger partial charge in [0.2, 0.25) is 0 Å². The molecule has 0 aliphatic heterocycles. The van der Waals surface area contributed by atoms with Gasteiger partial charge < -0.3 is 5.32 Å². The zero-order valence-corrected chi connectivity index (χ0v) is 15.0. The third-order valence-electron chi connectivity index (χ3n) is 4.46. The van der Waals surface area contributed by atoms with Crippen LogP contribution in [0.4, 0.5) is 11.4 Å². The molecular weight excluding hydrogens is 326 g/mol. The molecule has 0 saturated carbocycles. The summed E-state index contributed by atoms with van der Waals surface area (Å²) in [6, 6.07) is 37.8. The molecule has 0 saturated heterocycles. The third-order valence-corrected chi connectivity index (χ3v) is 4.46. The van der Waals surface area contributed by atoms with E-state index in [1.165, 1.54) is 22.3 Å². The molecule has 1 heteroatoms. The summed E-state index contributed by atoms with van der Waals surface area (Å²) >= 11 is 0. The fourth-order valence-electron chi connectivity index (χ4n) is 2.98. The summed E-state index contributed by atoms with van der Waals surface area (Å²) in [6.45, 7) is 0. The average Bonchev–Trinajstić information content (AvgIpc) is 2.75. The Morgan fingerprint density at radius 2 is 0.852 bits per heavy atom. The van der Waals surface area contributed by atoms with Crippen molar-refractivity contribution >= 4 is 23.5 Å². The van der Waals surface area contributed by atoms with Crippen molar-refractivity contribution in [1.82, 2.24) is 0 Å². The normalized spacial score (nSPS) is 10.8. The minimum absolute atomic E-state index is 1.08. The Morgan fingerprint density at radius 1 is 0.407 bits per heavy atom. The lowest BCUT2D eigenvalue weighted by molar-refractivity contribution is 1.53. The van der Waals surface area contributed by atoms with Gasteiger partial charge >= 0.3 is 0 Å². The summed E-state index contributed by atoms with van der Waals surface area (Å²) in [7, 11) is 0. The van der Waals surface area contributed by atoms with Crippen LogP contribution in [0.25, 0.3) is 23.3 Å². The van der Waals surface area contributed by atoms with Gasteiger partial charge in [-0.1, -0.05) is 97.1 Å².